The lowest BCUT2D eigenvalue weighted by atomic mass is 10.2. The summed E-state index contributed by atoms with van der Waals surface area (Å²) < 4.78 is 0. The van der Waals surface area contributed by atoms with Crippen LogP contribution in [0, 0.1) is 0 Å². The van der Waals surface area contributed by atoms with Gasteiger partial charge in [0, 0.05) is 31.1 Å². The van der Waals surface area contributed by atoms with E-state index in [0.717, 1.165) is 36.9 Å². The van der Waals surface area contributed by atoms with Crippen LogP contribution in [-0.2, 0) is 17.1 Å². The van der Waals surface area contributed by atoms with Crippen molar-refractivity contribution in [3.63, 3.8) is 0 Å². The molecule has 2 rings (SSSR count). The number of piperazine rings is 1. The fraction of sp³-hybridized carbons (Fsp3) is 0.692. The fourth-order valence-electron chi connectivity index (χ4n) is 2.42. The topological polar surface area (TPSA) is 36.4 Å². The van der Waals surface area contributed by atoms with Gasteiger partial charge in [-0.05, 0) is 13.5 Å². The van der Waals surface area contributed by atoms with Crippen molar-refractivity contribution in [3.05, 3.63) is 16.1 Å². The first kappa shape index (κ1) is 14.8. The van der Waals surface area contributed by atoms with Gasteiger partial charge >= 0.3 is 0 Å². The Morgan fingerprint density at radius 3 is 2.95 bits per heavy atom. The predicted octanol–water partition coefficient (Wildman–Crippen LogP) is 1.98. The highest BCUT2D eigenvalue weighted by atomic mass is 35.5. The highest BCUT2D eigenvalue weighted by molar-refractivity contribution is 7.09. The number of thiazole rings is 1. The van der Waals surface area contributed by atoms with Crippen molar-refractivity contribution in [2.75, 3.05) is 26.2 Å². The van der Waals surface area contributed by atoms with Gasteiger partial charge < -0.3 is 4.90 Å². The summed E-state index contributed by atoms with van der Waals surface area (Å²) in [6.07, 6.45) is 0.403. The SMILES string of the molecule is CCN1CCN(C(=O)Cc2nc(CCl)cs2)CC1C. The maximum absolute atomic E-state index is 12.2. The van der Waals surface area contributed by atoms with Gasteiger partial charge in [-0.25, -0.2) is 4.98 Å². The number of hydrogen-bond acceptors (Lipinski definition) is 4. The second-order valence-electron chi connectivity index (χ2n) is 4.86. The van der Waals surface area contributed by atoms with Crippen LogP contribution in [0.25, 0.3) is 0 Å². The van der Waals surface area contributed by atoms with Gasteiger partial charge in [0.25, 0.3) is 0 Å². The summed E-state index contributed by atoms with van der Waals surface area (Å²) in [6, 6.07) is 0.442. The molecule has 2 heterocycles. The summed E-state index contributed by atoms with van der Waals surface area (Å²) in [5, 5.41) is 2.79. The third kappa shape index (κ3) is 3.68. The van der Waals surface area contributed by atoms with E-state index in [9.17, 15) is 4.79 Å². The minimum Gasteiger partial charge on any atom is -0.339 e. The average Bonchev–Trinajstić information content (AvgIpc) is 2.86. The zero-order valence-electron chi connectivity index (χ0n) is 11.4. The minimum atomic E-state index is 0.179. The number of aromatic nitrogens is 1. The van der Waals surface area contributed by atoms with E-state index < -0.39 is 0 Å². The first-order valence-electron chi connectivity index (χ1n) is 6.65. The predicted molar refractivity (Wildman–Crippen MR) is 78.7 cm³/mol. The number of alkyl halides is 1. The van der Waals surface area contributed by atoms with Gasteiger partial charge in [-0.1, -0.05) is 6.92 Å². The zero-order chi connectivity index (χ0) is 13.8. The molecule has 6 heteroatoms. The van der Waals surface area contributed by atoms with Crippen LogP contribution in [0.3, 0.4) is 0 Å². The molecule has 0 spiro atoms. The quantitative estimate of drug-likeness (QED) is 0.798. The van der Waals surface area contributed by atoms with Crippen molar-refractivity contribution in [1.29, 1.82) is 0 Å². The molecule has 1 atom stereocenters. The summed E-state index contributed by atoms with van der Waals surface area (Å²) in [7, 11) is 0. The third-order valence-electron chi connectivity index (χ3n) is 3.56. The van der Waals surface area contributed by atoms with Crippen LogP contribution in [-0.4, -0.2) is 52.9 Å². The molecule has 0 aromatic carbocycles. The Morgan fingerprint density at radius 2 is 2.37 bits per heavy atom. The first-order valence-corrected chi connectivity index (χ1v) is 8.06. The molecule has 1 aliphatic heterocycles. The highest BCUT2D eigenvalue weighted by Gasteiger charge is 2.25. The number of likely N-dealkylation sites (N-methyl/N-ethyl adjacent to an activating group) is 1. The van der Waals surface area contributed by atoms with Crippen LogP contribution < -0.4 is 0 Å². The van der Waals surface area contributed by atoms with Gasteiger partial charge in [0.15, 0.2) is 0 Å². The van der Waals surface area contributed by atoms with Crippen LogP contribution >= 0.6 is 22.9 Å². The van der Waals surface area contributed by atoms with E-state index in [-0.39, 0.29) is 5.91 Å². The maximum atomic E-state index is 12.2. The van der Waals surface area contributed by atoms with E-state index in [4.69, 9.17) is 11.6 Å². The molecule has 1 unspecified atom stereocenters. The molecule has 4 nitrogen and oxygen atoms in total. The standard InChI is InChI=1S/C13H20ClN3OS/c1-3-16-4-5-17(8-10(16)2)13(18)6-12-15-11(7-14)9-19-12/h9-10H,3-8H2,1-2H3. The van der Waals surface area contributed by atoms with E-state index >= 15 is 0 Å². The molecule has 0 N–H and O–H groups in total. The molecule has 106 valence electrons. The minimum absolute atomic E-state index is 0.179. The van der Waals surface area contributed by atoms with Gasteiger partial charge in [-0.15, -0.1) is 22.9 Å². The molecule has 1 fully saturated rings. The number of nitrogens with zero attached hydrogens (tertiary/aromatic N) is 3. The molecule has 1 amide bonds. The second-order valence-corrected chi connectivity index (χ2v) is 6.07. The summed E-state index contributed by atoms with van der Waals surface area (Å²) >= 11 is 7.24. The lowest BCUT2D eigenvalue weighted by Crippen LogP contribution is -2.53. The van der Waals surface area contributed by atoms with Crippen molar-refractivity contribution in [2.24, 2.45) is 0 Å². The number of rotatable bonds is 4. The van der Waals surface area contributed by atoms with E-state index in [2.05, 4.69) is 23.7 Å². The van der Waals surface area contributed by atoms with Crippen molar-refractivity contribution >= 4 is 28.8 Å². The molecular weight excluding hydrogens is 282 g/mol. The van der Waals surface area contributed by atoms with Crippen LogP contribution in [0.1, 0.15) is 24.5 Å². The smallest absolute Gasteiger partial charge is 0.229 e. The van der Waals surface area contributed by atoms with Crippen molar-refractivity contribution in [2.45, 2.75) is 32.2 Å². The Balaban J connectivity index is 1.90. The third-order valence-corrected chi connectivity index (χ3v) is 4.73. The van der Waals surface area contributed by atoms with Gasteiger partial charge in [0.2, 0.25) is 5.91 Å². The number of halogens is 1. The molecule has 0 bridgehead atoms. The molecule has 1 saturated heterocycles. The Kier molecular flexibility index (Phi) is 5.19. The van der Waals surface area contributed by atoms with Crippen molar-refractivity contribution in [1.82, 2.24) is 14.8 Å². The highest BCUT2D eigenvalue weighted by Crippen LogP contribution is 2.15. The Hall–Kier alpha value is -0.650. The molecule has 1 aromatic rings. The maximum Gasteiger partial charge on any atom is 0.229 e. The number of amides is 1. The Bertz CT molecular complexity index is 437. The second kappa shape index (κ2) is 6.68. The molecule has 0 saturated carbocycles. The number of carbonyl (C=O) groups is 1. The summed E-state index contributed by atoms with van der Waals surface area (Å²) in [6.45, 7) is 8.00. The van der Waals surface area contributed by atoms with E-state index in [1.54, 1.807) is 0 Å². The molecule has 19 heavy (non-hydrogen) atoms. The van der Waals surface area contributed by atoms with Crippen LogP contribution in [0.2, 0.25) is 0 Å². The molecule has 0 radical (unpaired) electrons. The Morgan fingerprint density at radius 1 is 1.58 bits per heavy atom. The van der Waals surface area contributed by atoms with Crippen molar-refractivity contribution in [3.8, 4) is 0 Å². The van der Waals surface area contributed by atoms with Crippen LogP contribution in [0.15, 0.2) is 5.38 Å². The lowest BCUT2D eigenvalue weighted by Gasteiger charge is -2.39. The van der Waals surface area contributed by atoms with E-state index in [1.165, 1.54) is 11.3 Å². The normalized spacial score (nSPS) is 20.8. The van der Waals surface area contributed by atoms with Crippen molar-refractivity contribution < 1.29 is 4.79 Å². The average molecular weight is 302 g/mol. The molecule has 1 aliphatic rings. The fourth-order valence-corrected chi connectivity index (χ4v) is 3.44. The zero-order valence-corrected chi connectivity index (χ0v) is 13.0. The van der Waals surface area contributed by atoms with Gasteiger partial charge in [0.05, 0.1) is 18.0 Å². The summed E-state index contributed by atoms with van der Waals surface area (Å²) in [5.41, 5.74) is 0.860. The van der Waals surface area contributed by atoms with Crippen LogP contribution in [0.4, 0.5) is 0 Å². The van der Waals surface area contributed by atoms with Gasteiger partial charge in [-0.3, -0.25) is 9.69 Å². The molecular formula is C13H20ClN3OS. The van der Waals surface area contributed by atoms with E-state index in [0.29, 0.717) is 18.3 Å². The van der Waals surface area contributed by atoms with Gasteiger partial charge in [0.1, 0.15) is 5.01 Å². The summed E-state index contributed by atoms with van der Waals surface area (Å²) in [4.78, 5) is 20.9. The van der Waals surface area contributed by atoms with Gasteiger partial charge in [-0.2, -0.15) is 0 Å². The Labute approximate surface area is 123 Å². The lowest BCUT2D eigenvalue weighted by molar-refractivity contribution is -0.133. The van der Waals surface area contributed by atoms with Crippen LogP contribution in [0.5, 0.6) is 0 Å². The summed E-state index contributed by atoms with van der Waals surface area (Å²) in [5.74, 6) is 0.592. The molecule has 0 aliphatic carbocycles. The van der Waals surface area contributed by atoms with E-state index in [1.807, 2.05) is 10.3 Å². The number of carbonyl (C=O) groups excluding carboxylic acids is 1. The first-order chi connectivity index (χ1) is 9.13. The monoisotopic (exact) mass is 301 g/mol. The number of hydrogen-bond donors (Lipinski definition) is 0. The molecule has 1 aromatic heterocycles. The largest absolute Gasteiger partial charge is 0.339 e.